The van der Waals surface area contributed by atoms with Crippen molar-refractivity contribution in [2.24, 2.45) is 0 Å². The van der Waals surface area contributed by atoms with E-state index in [0.717, 1.165) is 28.1 Å². The number of ether oxygens (including phenoxy) is 3. The molecule has 0 saturated heterocycles. The minimum absolute atomic E-state index is 0.178. The Kier molecular flexibility index (Phi) is 4.70. The van der Waals surface area contributed by atoms with Crippen LogP contribution in [0.5, 0.6) is 17.2 Å². The molecule has 0 unspecified atom stereocenters. The highest BCUT2D eigenvalue weighted by atomic mass is 32.1. The summed E-state index contributed by atoms with van der Waals surface area (Å²) in [5, 5.41) is 6.14. The second-order valence-electron chi connectivity index (χ2n) is 5.53. The van der Waals surface area contributed by atoms with Crippen LogP contribution in [0.4, 0.5) is 5.13 Å². The second-order valence-corrected chi connectivity index (χ2v) is 6.39. The van der Waals surface area contributed by atoms with Crippen LogP contribution in [0.3, 0.4) is 0 Å². The summed E-state index contributed by atoms with van der Waals surface area (Å²) < 4.78 is 17.4. The van der Waals surface area contributed by atoms with Crippen molar-refractivity contribution in [3.63, 3.8) is 0 Å². The average Bonchev–Trinajstić information content (AvgIpc) is 3.15. The number of fused-ring (bicyclic) bond motifs is 1. The quantitative estimate of drug-likeness (QED) is 0.674. The first kappa shape index (κ1) is 15.8. The van der Waals surface area contributed by atoms with Gasteiger partial charge >= 0.3 is 0 Å². The van der Waals surface area contributed by atoms with E-state index in [-0.39, 0.29) is 6.10 Å². The van der Waals surface area contributed by atoms with Crippen LogP contribution < -0.4 is 19.5 Å². The molecule has 0 radical (unpaired) electrons. The normalized spacial score (nSPS) is 15.6. The van der Waals surface area contributed by atoms with E-state index in [1.165, 1.54) is 0 Å². The molecule has 6 heteroatoms. The zero-order valence-corrected chi connectivity index (χ0v) is 14.4. The fraction of sp³-hybridized carbons (Fsp3) is 0.211. The molecule has 0 saturated carbocycles. The first-order valence-corrected chi connectivity index (χ1v) is 9.02. The lowest BCUT2D eigenvalue weighted by molar-refractivity contribution is 0.0888. The maximum absolute atomic E-state index is 5.98. The molecule has 2 aromatic carbocycles. The fourth-order valence-corrected chi connectivity index (χ4v) is 3.30. The number of benzene rings is 2. The van der Waals surface area contributed by atoms with Gasteiger partial charge in [0.2, 0.25) is 0 Å². The lowest BCUT2D eigenvalue weighted by Gasteiger charge is -2.25. The predicted molar refractivity (Wildman–Crippen MR) is 97.8 cm³/mol. The van der Waals surface area contributed by atoms with E-state index in [1.807, 2.05) is 60.0 Å². The summed E-state index contributed by atoms with van der Waals surface area (Å²) in [4.78, 5) is 4.60. The molecule has 1 atom stereocenters. The minimum atomic E-state index is -0.178. The predicted octanol–water partition coefficient (Wildman–Crippen LogP) is 4.15. The number of nitrogens with one attached hydrogen (secondary N) is 1. The third kappa shape index (κ3) is 3.85. The molecule has 0 bridgehead atoms. The molecule has 0 spiro atoms. The van der Waals surface area contributed by atoms with E-state index in [2.05, 4.69) is 10.3 Å². The van der Waals surface area contributed by atoms with E-state index in [9.17, 15) is 0 Å². The standard InChI is InChI=1S/C19H18N2O3S/c1-2-6-14(7-3-1)22-11-10-20-19-21-15(13-25-19)18-12-23-16-8-4-5-9-17(16)24-18/h1-9,13,18H,10-12H2,(H,20,21)/t18-/m1/s1. The lowest BCUT2D eigenvalue weighted by atomic mass is 10.2. The van der Waals surface area contributed by atoms with Crippen LogP contribution in [-0.2, 0) is 0 Å². The van der Waals surface area contributed by atoms with Crippen LogP contribution in [0.25, 0.3) is 0 Å². The SMILES string of the molecule is c1ccc(OCCNc2nc([C@H]3COc4ccccc4O3)cs2)cc1. The van der Waals surface area contributed by atoms with Crippen LogP contribution in [0, 0.1) is 0 Å². The molecule has 4 rings (SSSR count). The molecule has 1 aromatic heterocycles. The maximum Gasteiger partial charge on any atom is 0.183 e. The number of hydrogen-bond donors (Lipinski definition) is 1. The minimum Gasteiger partial charge on any atom is -0.492 e. The number of thiazole rings is 1. The molecule has 0 fully saturated rings. The molecule has 1 N–H and O–H groups in total. The van der Waals surface area contributed by atoms with Gasteiger partial charge in [0, 0.05) is 5.38 Å². The monoisotopic (exact) mass is 354 g/mol. The van der Waals surface area contributed by atoms with Gasteiger partial charge in [0.25, 0.3) is 0 Å². The number of anilines is 1. The number of para-hydroxylation sites is 3. The highest BCUT2D eigenvalue weighted by molar-refractivity contribution is 7.13. The Morgan fingerprint density at radius 3 is 2.76 bits per heavy atom. The van der Waals surface area contributed by atoms with Crippen LogP contribution in [-0.4, -0.2) is 24.7 Å². The summed E-state index contributed by atoms with van der Waals surface area (Å²) in [6.45, 7) is 1.74. The fourth-order valence-electron chi connectivity index (χ4n) is 2.52. The number of aromatic nitrogens is 1. The Bertz CT molecular complexity index is 822. The smallest absolute Gasteiger partial charge is 0.183 e. The van der Waals surface area contributed by atoms with Gasteiger partial charge in [-0.1, -0.05) is 30.3 Å². The zero-order chi connectivity index (χ0) is 16.9. The largest absolute Gasteiger partial charge is 0.492 e. The molecule has 3 aromatic rings. The average molecular weight is 354 g/mol. The van der Waals surface area contributed by atoms with Crippen molar-refractivity contribution in [3.05, 3.63) is 65.7 Å². The number of rotatable bonds is 6. The van der Waals surface area contributed by atoms with Gasteiger partial charge in [0.05, 0.1) is 12.2 Å². The molecule has 1 aliphatic rings. The van der Waals surface area contributed by atoms with Gasteiger partial charge < -0.3 is 19.5 Å². The molecule has 0 aliphatic carbocycles. The first-order chi connectivity index (χ1) is 12.4. The molecule has 5 nitrogen and oxygen atoms in total. The van der Waals surface area contributed by atoms with Gasteiger partial charge in [-0.2, -0.15) is 0 Å². The van der Waals surface area contributed by atoms with Crippen molar-refractivity contribution < 1.29 is 14.2 Å². The van der Waals surface area contributed by atoms with Crippen LogP contribution in [0.1, 0.15) is 11.8 Å². The van der Waals surface area contributed by atoms with E-state index < -0.39 is 0 Å². The van der Waals surface area contributed by atoms with Crippen molar-refractivity contribution >= 4 is 16.5 Å². The topological polar surface area (TPSA) is 52.6 Å². The van der Waals surface area contributed by atoms with Gasteiger partial charge in [-0.05, 0) is 24.3 Å². The third-order valence-corrected chi connectivity index (χ3v) is 4.57. The summed E-state index contributed by atoms with van der Waals surface area (Å²) in [6, 6.07) is 17.5. The molecular weight excluding hydrogens is 336 g/mol. The summed E-state index contributed by atoms with van der Waals surface area (Å²) in [6.07, 6.45) is -0.178. The molecule has 128 valence electrons. The molecular formula is C19H18N2O3S. The summed E-state index contributed by atoms with van der Waals surface area (Å²) in [7, 11) is 0. The molecule has 1 aliphatic heterocycles. The van der Waals surface area contributed by atoms with E-state index >= 15 is 0 Å². The van der Waals surface area contributed by atoms with Crippen molar-refractivity contribution in [2.75, 3.05) is 25.1 Å². The van der Waals surface area contributed by atoms with Crippen LogP contribution in [0.2, 0.25) is 0 Å². The molecule has 25 heavy (non-hydrogen) atoms. The first-order valence-electron chi connectivity index (χ1n) is 8.14. The number of hydrogen-bond acceptors (Lipinski definition) is 6. The molecule has 0 amide bonds. The Hall–Kier alpha value is -2.73. The summed E-state index contributed by atoms with van der Waals surface area (Å²) >= 11 is 1.56. The van der Waals surface area contributed by atoms with Gasteiger partial charge in [0.1, 0.15) is 19.0 Å². The van der Waals surface area contributed by atoms with E-state index in [4.69, 9.17) is 14.2 Å². The Morgan fingerprint density at radius 2 is 1.88 bits per heavy atom. The van der Waals surface area contributed by atoms with Gasteiger partial charge in [-0.15, -0.1) is 11.3 Å². The summed E-state index contributed by atoms with van der Waals surface area (Å²) in [5.74, 6) is 2.42. The van der Waals surface area contributed by atoms with Crippen LogP contribution in [0.15, 0.2) is 60.0 Å². The third-order valence-electron chi connectivity index (χ3n) is 3.75. The van der Waals surface area contributed by atoms with Crippen molar-refractivity contribution in [2.45, 2.75) is 6.10 Å². The van der Waals surface area contributed by atoms with Crippen molar-refractivity contribution in [1.29, 1.82) is 0 Å². The Labute approximate surface area is 150 Å². The van der Waals surface area contributed by atoms with Crippen LogP contribution >= 0.6 is 11.3 Å². The number of nitrogens with zero attached hydrogens (tertiary/aromatic N) is 1. The Morgan fingerprint density at radius 1 is 1.08 bits per heavy atom. The van der Waals surface area contributed by atoms with Gasteiger partial charge in [-0.25, -0.2) is 4.98 Å². The lowest BCUT2D eigenvalue weighted by Crippen LogP contribution is -2.21. The highest BCUT2D eigenvalue weighted by Crippen LogP contribution is 2.36. The van der Waals surface area contributed by atoms with Crippen molar-refractivity contribution in [3.8, 4) is 17.2 Å². The second kappa shape index (κ2) is 7.44. The molecule has 2 heterocycles. The summed E-state index contributed by atoms with van der Waals surface area (Å²) in [5.41, 5.74) is 0.881. The van der Waals surface area contributed by atoms with Crippen molar-refractivity contribution in [1.82, 2.24) is 4.98 Å². The Balaban J connectivity index is 1.29. The van der Waals surface area contributed by atoms with Gasteiger partial charge in [0.15, 0.2) is 22.7 Å². The highest BCUT2D eigenvalue weighted by Gasteiger charge is 2.24. The van der Waals surface area contributed by atoms with Gasteiger partial charge in [-0.3, -0.25) is 0 Å². The van der Waals surface area contributed by atoms with E-state index in [0.29, 0.717) is 19.8 Å². The zero-order valence-electron chi connectivity index (χ0n) is 13.6. The maximum atomic E-state index is 5.98. The van der Waals surface area contributed by atoms with E-state index in [1.54, 1.807) is 11.3 Å².